The normalized spacial score (nSPS) is 10.5. The maximum absolute atomic E-state index is 13.1. The zero-order valence-corrected chi connectivity index (χ0v) is 9.48. The summed E-state index contributed by atoms with van der Waals surface area (Å²) in [6.45, 7) is 2.21. The van der Waals surface area contributed by atoms with Gasteiger partial charge in [-0.3, -0.25) is 4.79 Å². The van der Waals surface area contributed by atoms with Gasteiger partial charge < -0.3 is 10.3 Å². The fourth-order valence-electron chi connectivity index (χ4n) is 1.67. The lowest BCUT2D eigenvalue weighted by Gasteiger charge is -2.09. The summed E-state index contributed by atoms with van der Waals surface area (Å²) in [5.74, 6) is -0.303. The van der Waals surface area contributed by atoms with Gasteiger partial charge in [0.25, 0.3) is 5.56 Å². The lowest BCUT2D eigenvalue weighted by Crippen LogP contribution is -2.22. The van der Waals surface area contributed by atoms with Gasteiger partial charge in [-0.25, -0.2) is 4.39 Å². The molecule has 2 rings (SSSR count). The number of aryl methyl sites for hydroxylation is 1. The van der Waals surface area contributed by atoms with Gasteiger partial charge in [-0.2, -0.15) is 0 Å². The quantitative estimate of drug-likeness (QED) is 0.860. The van der Waals surface area contributed by atoms with E-state index in [1.165, 1.54) is 16.7 Å². The van der Waals surface area contributed by atoms with E-state index < -0.39 is 0 Å². The number of rotatable bonds is 2. The Bertz CT molecular complexity index is 605. The molecule has 0 aliphatic heterocycles. The highest BCUT2D eigenvalue weighted by Gasteiger charge is 2.04. The molecule has 0 aliphatic carbocycles. The second-order valence-corrected chi connectivity index (χ2v) is 3.97. The number of aromatic nitrogens is 1. The van der Waals surface area contributed by atoms with Crippen LogP contribution in [0, 0.1) is 12.7 Å². The molecule has 0 saturated heterocycles. The van der Waals surface area contributed by atoms with Crippen LogP contribution >= 0.6 is 0 Å². The monoisotopic (exact) mass is 232 g/mol. The van der Waals surface area contributed by atoms with Crippen LogP contribution in [0.15, 0.2) is 41.3 Å². The van der Waals surface area contributed by atoms with Gasteiger partial charge in [-0.1, -0.05) is 6.07 Å². The van der Waals surface area contributed by atoms with Gasteiger partial charge in [-0.05, 0) is 42.3 Å². The van der Waals surface area contributed by atoms with Crippen molar-refractivity contribution in [1.82, 2.24) is 4.57 Å². The third kappa shape index (κ3) is 2.36. The minimum absolute atomic E-state index is 0.196. The number of benzene rings is 1. The van der Waals surface area contributed by atoms with Crippen molar-refractivity contribution in [2.24, 2.45) is 0 Å². The highest BCUT2D eigenvalue weighted by molar-refractivity contribution is 5.34. The topological polar surface area (TPSA) is 48.0 Å². The van der Waals surface area contributed by atoms with Gasteiger partial charge >= 0.3 is 0 Å². The van der Waals surface area contributed by atoms with Crippen LogP contribution in [0.2, 0.25) is 0 Å². The highest BCUT2D eigenvalue weighted by Crippen LogP contribution is 2.11. The summed E-state index contributed by atoms with van der Waals surface area (Å²) in [4.78, 5) is 11.7. The van der Waals surface area contributed by atoms with E-state index in [4.69, 9.17) is 5.73 Å². The average Bonchev–Trinajstić information content (AvgIpc) is 2.30. The van der Waals surface area contributed by atoms with E-state index in [1.54, 1.807) is 24.4 Å². The first-order valence-corrected chi connectivity index (χ1v) is 5.28. The first-order valence-electron chi connectivity index (χ1n) is 5.28. The van der Waals surface area contributed by atoms with Gasteiger partial charge in [0.05, 0.1) is 12.2 Å². The van der Waals surface area contributed by atoms with E-state index in [0.29, 0.717) is 6.54 Å². The van der Waals surface area contributed by atoms with Crippen molar-refractivity contribution in [1.29, 1.82) is 0 Å². The Labute approximate surface area is 98.3 Å². The summed E-state index contributed by atoms with van der Waals surface area (Å²) in [6.07, 6.45) is 1.64. The number of pyridine rings is 1. The molecule has 0 radical (unpaired) electrons. The number of nitrogens with two attached hydrogens (primary N) is 1. The number of anilines is 1. The standard InChI is InChI=1S/C13H13FN2O/c1-9-4-5-11(14)7-10(9)8-16-6-2-3-12(15)13(16)17/h2-7H,8,15H2,1H3. The lowest BCUT2D eigenvalue weighted by molar-refractivity contribution is 0.622. The van der Waals surface area contributed by atoms with Gasteiger partial charge in [0.15, 0.2) is 0 Å². The molecule has 4 heteroatoms. The molecule has 2 N–H and O–H groups in total. The van der Waals surface area contributed by atoms with Crippen molar-refractivity contribution < 1.29 is 4.39 Å². The van der Waals surface area contributed by atoms with Crippen LogP contribution in [-0.4, -0.2) is 4.57 Å². The predicted molar refractivity (Wildman–Crippen MR) is 65.4 cm³/mol. The summed E-state index contributed by atoms with van der Waals surface area (Å²) in [5.41, 5.74) is 7.20. The summed E-state index contributed by atoms with van der Waals surface area (Å²) in [5, 5.41) is 0. The first kappa shape index (κ1) is 11.4. The number of halogens is 1. The molecule has 0 unspecified atom stereocenters. The van der Waals surface area contributed by atoms with Gasteiger partial charge in [0, 0.05) is 6.20 Å². The van der Waals surface area contributed by atoms with Crippen LogP contribution in [0.1, 0.15) is 11.1 Å². The predicted octanol–water partition coefficient (Wildman–Crippen LogP) is 1.93. The molecule has 17 heavy (non-hydrogen) atoms. The molecule has 0 bridgehead atoms. The molecule has 88 valence electrons. The molecular formula is C13H13FN2O. The van der Waals surface area contributed by atoms with Crippen LogP contribution in [0.25, 0.3) is 0 Å². The van der Waals surface area contributed by atoms with E-state index in [1.807, 2.05) is 6.92 Å². The van der Waals surface area contributed by atoms with Crippen molar-refractivity contribution in [3.63, 3.8) is 0 Å². The second kappa shape index (κ2) is 4.41. The van der Waals surface area contributed by atoms with E-state index >= 15 is 0 Å². The van der Waals surface area contributed by atoms with Gasteiger partial charge in [0.1, 0.15) is 5.82 Å². The first-order chi connectivity index (χ1) is 8.08. The Morgan fingerprint density at radius 2 is 2.12 bits per heavy atom. The molecular weight excluding hydrogens is 219 g/mol. The number of nitrogens with zero attached hydrogens (tertiary/aromatic N) is 1. The molecule has 0 spiro atoms. The van der Waals surface area contributed by atoms with Gasteiger partial charge in [-0.15, -0.1) is 0 Å². The molecule has 0 atom stereocenters. The van der Waals surface area contributed by atoms with Gasteiger partial charge in [0.2, 0.25) is 0 Å². The number of hydrogen-bond donors (Lipinski definition) is 1. The van der Waals surface area contributed by atoms with Crippen molar-refractivity contribution in [3.8, 4) is 0 Å². The Morgan fingerprint density at radius 1 is 1.35 bits per heavy atom. The van der Waals surface area contributed by atoms with Crippen LogP contribution in [0.4, 0.5) is 10.1 Å². The van der Waals surface area contributed by atoms with E-state index in [9.17, 15) is 9.18 Å². The summed E-state index contributed by atoms with van der Waals surface area (Å²) in [7, 11) is 0. The van der Waals surface area contributed by atoms with Crippen LogP contribution in [-0.2, 0) is 6.54 Å². The third-order valence-electron chi connectivity index (χ3n) is 2.70. The van der Waals surface area contributed by atoms with Crippen molar-refractivity contribution in [2.75, 3.05) is 5.73 Å². The Morgan fingerprint density at radius 3 is 2.88 bits per heavy atom. The van der Waals surface area contributed by atoms with Crippen LogP contribution in [0.5, 0.6) is 0 Å². The molecule has 0 aliphatic rings. The largest absolute Gasteiger partial charge is 0.394 e. The molecule has 1 heterocycles. The van der Waals surface area contributed by atoms with Crippen LogP contribution in [0.3, 0.4) is 0 Å². The van der Waals surface area contributed by atoms with Crippen LogP contribution < -0.4 is 11.3 Å². The number of nitrogen functional groups attached to an aromatic ring is 1. The fourth-order valence-corrected chi connectivity index (χ4v) is 1.67. The molecule has 3 nitrogen and oxygen atoms in total. The Hall–Kier alpha value is -2.10. The third-order valence-corrected chi connectivity index (χ3v) is 2.70. The highest BCUT2D eigenvalue weighted by atomic mass is 19.1. The summed E-state index contributed by atoms with van der Waals surface area (Å²) >= 11 is 0. The molecule has 0 amide bonds. The van der Waals surface area contributed by atoms with E-state index in [-0.39, 0.29) is 17.1 Å². The second-order valence-electron chi connectivity index (χ2n) is 3.97. The number of hydrogen-bond acceptors (Lipinski definition) is 2. The Balaban J connectivity index is 2.41. The minimum atomic E-state index is -0.303. The SMILES string of the molecule is Cc1ccc(F)cc1Cn1cccc(N)c1=O. The summed E-state index contributed by atoms with van der Waals surface area (Å²) in [6, 6.07) is 7.79. The molecule has 0 fully saturated rings. The molecule has 0 saturated carbocycles. The smallest absolute Gasteiger partial charge is 0.273 e. The maximum atomic E-state index is 13.1. The minimum Gasteiger partial charge on any atom is -0.394 e. The van der Waals surface area contributed by atoms with E-state index in [0.717, 1.165) is 11.1 Å². The maximum Gasteiger partial charge on any atom is 0.273 e. The molecule has 2 aromatic rings. The van der Waals surface area contributed by atoms with Crippen molar-refractivity contribution >= 4 is 5.69 Å². The summed E-state index contributed by atoms with van der Waals surface area (Å²) < 4.78 is 14.6. The molecule has 1 aromatic carbocycles. The lowest BCUT2D eigenvalue weighted by atomic mass is 10.1. The van der Waals surface area contributed by atoms with Crippen molar-refractivity contribution in [3.05, 3.63) is 63.8 Å². The van der Waals surface area contributed by atoms with E-state index in [2.05, 4.69) is 0 Å². The Kier molecular flexibility index (Phi) is 2.95. The average molecular weight is 232 g/mol. The molecule has 1 aromatic heterocycles. The zero-order chi connectivity index (χ0) is 12.4. The zero-order valence-electron chi connectivity index (χ0n) is 9.48. The van der Waals surface area contributed by atoms with Crippen molar-refractivity contribution in [2.45, 2.75) is 13.5 Å². The fraction of sp³-hybridized carbons (Fsp3) is 0.154.